The molecule has 0 bridgehead atoms. The van der Waals surface area contributed by atoms with Gasteiger partial charge >= 0.3 is 18.2 Å². The average molecular weight is 560 g/mol. The van der Waals surface area contributed by atoms with Crippen LogP contribution < -0.4 is 21.3 Å². The van der Waals surface area contributed by atoms with Gasteiger partial charge in [0.1, 0.15) is 5.82 Å². The number of thiazole rings is 1. The van der Waals surface area contributed by atoms with Crippen LogP contribution in [0.25, 0.3) is 16.3 Å². The molecule has 39 heavy (non-hydrogen) atoms. The number of aromatic nitrogens is 5. The molecule has 0 fully saturated rings. The predicted octanol–water partition coefficient (Wildman–Crippen LogP) is 4.16. The van der Waals surface area contributed by atoms with Crippen LogP contribution in [0.3, 0.4) is 0 Å². The van der Waals surface area contributed by atoms with Gasteiger partial charge in [0, 0.05) is 37.7 Å². The van der Waals surface area contributed by atoms with Gasteiger partial charge in [-0.25, -0.2) is 19.3 Å². The zero-order valence-corrected chi connectivity index (χ0v) is 21.7. The number of aryl methyl sites for hydroxylation is 1. The van der Waals surface area contributed by atoms with Gasteiger partial charge in [0.15, 0.2) is 5.13 Å². The first-order valence-corrected chi connectivity index (χ1v) is 12.8. The topological polar surface area (TPSA) is 131 Å². The molecule has 4 amide bonds. The third kappa shape index (κ3) is 5.30. The molecule has 3 aromatic heterocycles. The molecule has 0 saturated heterocycles. The van der Waals surface area contributed by atoms with Crippen LogP contribution in [0.15, 0.2) is 36.7 Å². The van der Waals surface area contributed by atoms with Crippen molar-refractivity contribution in [1.29, 1.82) is 0 Å². The smallest absolute Gasteiger partial charge is 0.338 e. The molecule has 5 rings (SSSR count). The number of urea groups is 2. The lowest BCUT2D eigenvalue weighted by atomic mass is 10.1. The maximum absolute atomic E-state index is 13.6. The predicted molar refractivity (Wildman–Crippen MR) is 139 cm³/mol. The second kappa shape index (κ2) is 10.4. The summed E-state index contributed by atoms with van der Waals surface area (Å²) in [5, 5.41) is 19.5. The van der Waals surface area contributed by atoms with Gasteiger partial charge in [-0.1, -0.05) is 23.5 Å². The second-order valence-corrected chi connectivity index (χ2v) is 9.67. The number of nitrogens with zero attached hydrogens (tertiary/aromatic N) is 5. The Bertz CT molecular complexity index is 1540. The van der Waals surface area contributed by atoms with E-state index in [1.807, 2.05) is 6.92 Å². The van der Waals surface area contributed by atoms with Crippen molar-refractivity contribution in [3.05, 3.63) is 59.0 Å². The number of fused-ring (bicyclic) bond motifs is 3. The van der Waals surface area contributed by atoms with Crippen LogP contribution in [0.1, 0.15) is 29.3 Å². The molecule has 4 N–H and O–H groups in total. The maximum atomic E-state index is 13.6. The standard InChI is InChI=1S/C24H24F3N9O2S/c1-3-28-21(37)33-20-13(11-30-35(20)2)8-9-29-22(38)34-23-32-16-10-14-12-31-36(18(14)19(16)39-23)17-7-5-4-6-15(17)24(25,26)27/h4-7,11-12H,3,8-10H2,1-2H3,(H2,28,33,37)(H2,29,32,34,38). The lowest BCUT2D eigenvalue weighted by Gasteiger charge is -2.14. The molecule has 11 nitrogen and oxygen atoms in total. The van der Waals surface area contributed by atoms with Gasteiger partial charge in [-0.3, -0.25) is 15.3 Å². The molecular weight excluding hydrogens is 535 g/mol. The number of anilines is 2. The Balaban J connectivity index is 1.25. The first-order chi connectivity index (χ1) is 18.7. The average Bonchev–Trinajstić information content (AvgIpc) is 3.62. The molecule has 0 atom stereocenters. The van der Waals surface area contributed by atoms with Crippen molar-refractivity contribution in [3.63, 3.8) is 0 Å². The molecule has 0 unspecified atom stereocenters. The number of hydrogen-bond donors (Lipinski definition) is 4. The van der Waals surface area contributed by atoms with E-state index < -0.39 is 17.8 Å². The van der Waals surface area contributed by atoms with Gasteiger partial charge < -0.3 is 10.6 Å². The van der Waals surface area contributed by atoms with Gasteiger partial charge in [-0.15, -0.1) is 0 Å². The zero-order chi connectivity index (χ0) is 27.7. The number of alkyl halides is 3. The molecule has 0 saturated carbocycles. The highest BCUT2D eigenvalue weighted by Gasteiger charge is 2.36. The number of carbonyl (C=O) groups excluding carboxylic acids is 2. The summed E-state index contributed by atoms with van der Waals surface area (Å²) in [5.41, 5.74) is 1.86. The molecule has 1 aromatic carbocycles. The van der Waals surface area contributed by atoms with Crippen molar-refractivity contribution in [2.75, 3.05) is 23.7 Å². The summed E-state index contributed by atoms with van der Waals surface area (Å²) in [6.07, 6.45) is -0.558. The fraction of sp³-hybridized carbons (Fsp3) is 0.292. The second-order valence-electron chi connectivity index (χ2n) is 8.67. The number of halogens is 3. The van der Waals surface area contributed by atoms with E-state index in [1.54, 1.807) is 19.4 Å². The summed E-state index contributed by atoms with van der Waals surface area (Å²) < 4.78 is 43.7. The van der Waals surface area contributed by atoms with Crippen LogP contribution in [0, 0.1) is 0 Å². The third-order valence-corrected chi connectivity index (χ3v) is 7.06. The van der Waals surface area contributed by atoms with Crippen molar-refractivity contribution in [2.24, 2.45) is 7.05 Å². The van der Waals surface area contributed by atoms with Crippen LogP contribution in [-0.4, -0.2) is 49.7 Å². The lowest BCUT2D eigenvalue weighted by Crippen LogP contribution is -2.31. The molecule has 4 aromatic rings. The molecular formula is C24H24F3N9O2S. The Kier molecular flexibility index (Phi) is 6.99. The number of amides is 4. The minimum Gasteiger partial charge on any atom is -0.338 e. The van der Waals surface area contributed by atoms with E-state index in [0.717, 1.165) is 17.2 Å². The Morgan fingerprint density at radius 1 is 1.08 bits per heavy atom. The number of para-hydroxylation sites is 1. The van der Waals surface area contributed by atoms with Crippen molar-refractivity contribution >= 4 is 34.3 Å². The highest BCUT2D eigenvalue weighted by Crippen LogP contribution is 2.44. The molecule has 1 aliphatic carbocycles. The van der Waals surface area contributed by atoms with Crippen molar-refractivity contribution < 1.29 is 22.8 Å². The number of hydrogen-bond acceptors (Lipinski definition) is 6. The van der Waals surface area contributed by atoms with Gasteiger partial charge in [0.05, 0.1) is 39.9 Å². The Morgan fingerprint density at radius 3 is 2.62 bits per heavy atom. The van der Waals surface area contributed by atoms with Crippen molar-refractivity contribution in [2.45, 2.75) is 25.9 Å². The first kappa shape index (κ1) is 26.2. The van der Waals surface area contributed by atoms with Gasteiger partial charge in [0.2, 0.25) is 0 Å². The summed E-state index contributed by atoms with van der Waals surface area (Å²) in [7, 11) is 1.70. The van der Waals surface area contributed by atoms with Crippen LogP contribution in [0.5, 0.6) is 0 Å². The van der Waals surface area contributed by atoms with E-state index in [0.29, 0.717) is 46.6 Å². The monoisotopic (exact) mass is 559 g/mol. The van der Waals surface area contributed by atoms with Crippen LogP contribution >= 0.6 is 11.3 Å². The molecule has 204 valence electrons. The molecule has 0 aliphatic heterocycles. The third-order valence-electron chi connectivity index (χ3n) is 6.04. The summed E-state index contributed by atoms with van der Waals surface area (Å²) in [6.45, 7) is 2.55. The molecule has 0 spiro atoms. The normalized spacial score (nSPS) is 12.1. The summed E-state index contributed by atoms with van der Waals surface area (Å²) in [6, 6.07) is 4.43. The summed E-state index contributed by atoms with van der Waals surface area (Å²) >= 11 is 1.17. The fourth-order valence-corrected chi connectivity index (χ4v) is 5.36. The number of carbonyl (C=O) groups is 2. The van der Waals surface area contributed by atoms with E-state index in [1.165, 1.54) is 38.9 Å². The largest absolute Gasteiger partial charge is 0.418 e. The molecule has 15 heteroatoms. The van der Waals surface area contributed by atoms with Crippen molar-refractivity contribution in [1.82, 2.24) is 35.2 Å². The van der Waals surface area contributed by atoms with Crippen LogP contribution in [0.4, 0.5) is 33.7 Å². The minimum absolute atomic E-state index is 0.0730. The minimum atomic E-state index is -4.54. The fourth-order valence-electron chi connectivity index (χ4n) is 4.32. The SMILES string of the molecule is CCNC(=O)Nc1c(CCNC(=O)Nc2nc3c(s2)-c2c(cnn2-c2ccccc2C(F)(F)F)C3)cnn1C. The quantitative estimate of drug-likeness (QED) is 0.238. The van der Waals surface area contributed by atoms with Gasteiger partial charge in [-0.05, 0) is 25.5 Å². The number of rotatable bonds is 7. The van der Waals surface area contributed by atoms with Gasteiger partial charge in [0.25, 0.3) is 0 Å². The van der Waals surface area contributed by atoms with Crippen LogP contribution in [0.2, 0.25) is 0 Å². The van der Waals surface area contributed by atoms with E-state index in [9.17, 15) is 22.8 Å². The van der Waals surface area contributed by atoms with E-state index in [-0.39, 0.29) is 18.3 Å². The van der Waals surface area contributed by atoms with E-state index in [2.05, 4.69) is 36.4 Å². The Hall–Kier alpha value is -4.40. The highest BCUT2D eigenvalue weighted by atomic mass is 32.1. The molecule has 1 aliphatic rings. The van der Waals surface area contributed by atoms with E-state index in [4.69, 9.17) is 0 Å². The number of benzene rings is 1. The highest BCUT2D eigenvalue weighted by molar-refractivity contribution is 7.19. The Labute approximate surface area is 224 Å². The number of nitrogens with one attached hydrogen (secondary N) is 4. The van der Waals surface area contributed by atoms with Gasteiger partial charge in [-0.2, -0.15) is 23.4 Å². The molecule has 3 heterocycles. The first-order valence-electron chi connectivity index (χ1n) is 12.0. The van der Waals surface area contributed by atoms with Crippen LogP contribution in [-0.2, 0) is 26.1 Å². The van der Waals surface area contributed by atoms with E-state index >= 15 is 0 Å². The van der Waals surface area contributed by atoms with Crippen molar-refractivity contribution in [3.8, 4) is 16.3 Å². The summed E-state index contributed by atoms with van der Waals surface area (Å²) in [5.74, 6) is 0.527. The summed E-state index contributed by atoms with van der Waals surface area (Å²) in [4.78, 5) is 29.5. The Morgan fingerprint density at radius 2 is 1.85 bits per heavy atom. The lowest BCUT2D eigenvalue weighted by molar-refractivity contribution is -0.137. The maximum Gasteiger partial charge on any atom is 0.418 e. The zero-order valence-electron chi connectivity index (χ0n) is 20.9. The molecule has 0 radical (unpaired) electrons.